The van der Waals surface area contributed by atoms with Crippen LogP contribution in [0.2, 0.25) is 0 Å². The number of H-pyrrole nitrogens is 1. The third-order valence-electron chi connectivity index (χ3n) is 5.77. The number of nitrogens with zero attached hydrogens (tertiary/aromatic N) is 4. The van der Waals surface area contributed by atoms with Crippen LogP contribution in [0.5, 0.6) is 0 Å². The molecular formula is C21H22N6O. The van der Waals surface area contributed by atoms with Crippen molar-refractivity contribution in [3.8, 4) is 0 Å². The molecular weight excluding hydrogens is 352 g/mol. The standard InChI is InChI=1S/C21H22N6O/c1-12-5-3-6-14-9-16(27(15-7-4-8-15)21(28)17(12)14)13(2)26-20-18-19(23-10-22-18)24-11-25-20/h3,5-6,9-11,13,15H,4,7-8H2,1-2H3,(H2,22,23,24,25,26)/t13-/m1/s1. The molecule has 1 aliphatic carbocycles. The lowest BCUT2D eigenvalue weighted by Crippen LogP contribution is -2.33. The maximum absolute atomic E-state index is 13.4. The van der Waals surface area contributed by atoms with Crippen LogP contribution in [0.25, 0.3) is 21.9 Å². The Morgan fingerprint density at radius 3 is 2.89 bits per heavy atom. The zero-order valence-electron chi connectivity index (χ0n) is 15.9. The van der Waals surface area contributed by atoms with Crippen LogP contribution >= 0.6 is 0 Å². The number of fused-ring (bicyclic) bond motifs is 2. The first kappa shape index (κ1) is 16.9. The highest BCUT2D eigenvalue weighted by molar-refractivity contribution is 5.85. The van der Waals surface area contributed by atoms with E-state index >= 15 is 0 Å². The molecule has 1 aromatic carbocycles. The Hall–Kier alpha value is -3.22. The van der Waals surface area contributed by atoms with Gasteiger partial charge in [0.2, 0.25) is 0 Å². The molecule has 1 saturated carbocycles. The second-order valence-corrected chi connectivity index (χ2v) is 7.56. The molecule has 0 unspecified atom stereocenters. The fourth-order valence-corrected chi connectivity index (χ4v) is 4.07. The monoisotopic (exact) mass is 374 g/mol. The highest BCUT2D eigenvalue weighted by Crippen LogP contribution is 2.34. The van der Waals surface area contributed by atoms with E-state index in [0.717, 1.165) is 34.9 Å². The Kier molecular flexibility index (Phi) is 3.89. The SMILES string of the molecule is Cc1cccc2cc([C@@H](C)Nc3ncnc4[nH]cnc34)n(C3CCC3)c(=O)c12. The fraction of sp³-hybridized carbons (Fsp3) is 0.333. The predicted molar refractivity (Wildman–Crippen MR) is 110 cm³/mol. The molecule has 0 aliphatic heterocycles. The van der Waals surface area contributed by atoms with Crippen molar-refractivity contribution in [2.45, 2.75) is 45.2 Å². The Morgan fingerprint density at radius 2 is 2.11 bits per heavy atom. The van der Waals surface area contributed by atoms with E-state index in [1.165, 1.54) is 12.7 Å². The summed E-state index contributed by atoms with van der Waals surface area (Å²) in [5, 5.41) is 5.25. The molecule has 3 aromatic heterocycles. The van der Waals surface area contributed by atoms with Crippen molar-refractivity contribution < 1.29 is 0 Å². The Labute approximate surface area is 161 Å². The van der Waals surface area contributed by atoms with Crippen molar-refractivity contribution in [2.75, 3.05) is 5.32 Å². The molecule has 7 heteroatoms. The summed E-state index contributed by atoms with van der Waals surface area (Å²) in [6, 6.07) is 8.33. The lowest BCUT2D eigenvalue weighted by atomic mass is 9.91. The van der Waals surface area contributed by atoms with Crippen LogP contribution in [-0.2, 0) is 0 Å². The number of anilines is 1. The number of benzene rings is 1. The Morgan fingerprint density at radius 1 is 1.25 bits per heavy atom. The molecule has 0 bridgehead atoms. The van der Waals surface area contributed by atoms with Gasteiger partial charge in [0.1, 0.15) is 11.8 Å². The molecule has 3 heterocycles. The van der Waals surface area contributed by atoms with E-state index in [9.17, 15) is 4.79 Å². The van der Waals surface area contributed by atoms with Gasteiger partial charge < -0.3 is 14.9 Å². The number of aromatic amines is 1. The van der Waals surface area contributed by atoms with Crippen LogP contribution in [0.3, 0.4) is 0 Å². The van der Waals surface area contributed by atoms with Gasteiger partial charge in [0, 0.05) is 11.7 Å². The molecule has 1 atom stereocenters. The van der Waals surface area contributed by atoms with Crippen molar-refractivity contribution in [1.82, 2.24) is 24.5 Å². The van der Waals surface area contributed by atoms with Crippen LogP contribution in [-0.4, -0.2) is 24.5 Å². The number of aromatic nitrogens is 5. The summed E-state index contributed by atoms with van der Waals surface area (Å²) in [6.07, 6.45) is 6.39. The fourth-order valence-electron chi connectivity index (χ4n) is 4.07. The average Bonchev–Trinajstić information content (AvgIpc) is 3.12. The van der Waals surface area contributed by atoms with Gasteiger partial charge in [-0.05, 0) is 50.1 Å². The van der Waals surface area contributed by atoms with Crippen molar-refractivity contribution in [3.05, 3.63) is 58.5 Å². The molecule has 0 spiro atoms. The molecule has 0 saturated heterocycles. The van der Waals surface area contributed by atoms with Gasteiger partial charge in [-0.15, -0.1) is 0 Å². The molecule has 5 rings (SSSR count). The van der Waals surface area contributed by atoms with E-state index in [1.807, 2.05) is 29.7 Å². The molecule has 142 valence electrons. The number of imidazole rings is 1. The Bertz CT molecular complexity index is 1240. The topological polar surface area (TPSA) is 88.5 Å². The lowest BCUT2D eigenvalue weighted by molar-refractivity contribution is 0.298. The first-order valence-electron chi connectivity index (χ1n) is 9.69. The Balaban J connectivity index is 1.65. The van der Waals surface area contributed by atoms with Gasteiger partial charge in [0.05, 0.1) is 17.8 Å². The second-order valence-electron chi connectivity index (χ2n) is 7.56. The molecule has 28 heavy (non-hydrogen) atoms. The number of aryl methyl sites for hydroxylation is 1. The summed E-state index contributed by atoms with van der Waals surface area (Å²) in [5.74, 6) is 0.663. The summed E-state index contributed by atoms with van der Waals surface area (Å²) in [5.41, 5.74) is 3.50. The number of nitrogens with one attached hydrogen (secondary N) is 2. The van der Waals surface area contributed by atoms with Gasteiger partial charge in [-0.1, -0.05) is 18.2 Å². The number of rotatable bonds is 4. The number of hydrogen-bond acceptors (Lipinski definition) is 5. The third kappa shape index (κ3) is 2.58. The van der Waals surface area contributed by atoms with E-state index in [2.05, 4.69) is 38.2 Å². The molecule has 0 amide bonds. The number of hydrogen-bond donors (Lipinski definition) is 2. The van der Waals surface area contributed by atoms with E-state index in [4.69, 9.17) is 0 Å². The molecule has 1 aliphatic rings. The van der Waals surface area contributed by atoms with Crippen LogP contribution in [0, 0.1) is 6.92 Å². The quantitative estimate of drug-likeness (QED) is 0.566. The molecule has 2 N–H and O–H groups in total. The zero-order chi connectivity index (χ0) is 19.3. The van der Waals surface area contributed by atoms with Crippen molar-refractivity contribution in [1.29, 1.82) is 0 Å². The summed E-state index contributed by atoms with van der Waals surface area (Å²) < 4.78 is 2.00. The van der Waals surface area contributed by atoms with Gasteiger partial charge in [-0.3, -0.25) is 4.79 Å². The molecule has 7 nitrogen and oxygen atoms in total. The smallest absolute Gasteiger partial charge is 0.259 e. The molecule has 1 fully saturated rings. The van der Waals surface area contributed by atoms with Gasteiger partial charge in [-0.25, -0.2) is 15.0 Å². The minimum Gasteiger partial charge on any atom is -0.360 e. The summed E-state index contributed by atoms with van der Waals surface area (Å²) in [4.78, 5) is 29.3. The normalized spacial score (nSPS) is 15.6. The first-order valence-corrected chi connectivity index (χ1v) is 9.69. The summed E-state index contributed by atoms with van der Waals surface area (Å²) in [6.45, 7) is 4.07. The van der Waals surface area contributed by atoms with E-state index in [0.29, 0.717) is 17.0 Å². The highest BCUT2D eigenvalue weighted by Gasteiger charge is 2.26. The lowest BCUT2D eigenvalue weighted by Gasteiger charge is -2.32. The number of pyridine rings is 1. The van der Waals surface area contributed by atoms with Crippen molar-refractivity contribution in [3.63, 3.8) is 0 Å². The zero-order valence-corrected chi connectivity index (χ0v) is 15.9. The van der Waals surface area contributed by atoms with Crippen molar-refractivity contribution >= 4 is 27.8 Å². The average molecular weight is 374 g/mol. The second kappa shape index (κ2) is 6.44. The first-order chi connectivity index (χ1) is 13.6. The van der Waals surface area contributed by atoms with Gasteiger partial charge in [0.25, 0.3) is 5.56 Å². The summed E-state index contributed by atoms with van der Waals surface area (Å²) >= 11 is 0. The van der Waals surface area contributed by atoms with Gasteiger partial charge in [-0.2, -0.15) is 0 Å². The molecule has 4 aromatic rings. The van der Waals surface area contributed by atoms with Crippen LogP contribution in [0.15, 0.2) is 41.7 Å². The minimum absolute atomic E-state index is 0.104. The van der Waals surface area contributed by atoms with Gasteiger partial charge >= 0.3 is 0 Å². The third-order valence-corrected chi connectivity index (χ3v) is 5.77. The van der Waals surface area contributed by atoms with E-state index < -0.39 is 0 Å². The maximum Gasteiger partial charge on any atom is 0.259 e. The highest BCUT2D eigenvalue weighted by atomic mass is 16.1. The predicted octanol–water partition coefficient (Wildman–Crippen LogP) is 3.87. The maximum atomic E-state index is 13.4. The largest absolute Gasteiger partial charge is 0.360 e. The van der Waals surface area contributed by atoms with Crippen LogP contribution in [0.1, 0.15) is 49.5 Å². The van der Waals surface area contributed by atoms with E-state index in [1.54, 1.807) is 6.33 Å². The summed E-state index contributed by atoms with van der Waals surface area (Å²) in [7, 11) is 0. The molecule has 0 radical (unpaired) electrons. The van der Waals surface area contributed by atoms with Crippen molar-refractivity contribution in [2.24, 2.45) is 0 Å². The van der Waals surface area contributed by atoms with Crippen LogP contribution in [0.4, 0.5) is 5.82 Å². The van der Waals surface area contributed by atoms with Crippen LogP contribution < -0.4 is 10.9 Å². The van der Waals surface area contributed by atoms with E-state index in [-0.39, 0.29) is 17.6 Å². The minimum atomic E-state index is -0.104. The van der Waals surface area contributed by atoms with Gasteiger partial charge in [0.15, 0.2) is 11.5 Å².